The second-order valence-corrected chi connectivity index (χ2v) is 12.7. The van der Waals surface area contributed by atoms with Crippen molar-refractivity contribution in [2.24, 2.45) is 0 Å². The van der Waals surface area contributed by atoms with E-state index in [4.69, 9.17) is 4.98 Å². The highest BCUT2D eigenvalue weighted by Gasteiger charge is 2.29. The number of nitrogens with zero attached hydrogens (tertiary/aromatic N) is 3. The fourth-order valence-corrected chi connectivity index (χ4v) is 8.28. The number of para-hydroxylation sites is 4. The summed E-state index contributed by atoms with van der Waals surface area (Å²) in [7, 11) is 0. The molecule has 0 fully saturated rings. The quantitative estimate of drug-likeness (QED) is 0.191. The van der Waals surface area contributed by atoms with Gasteiger partial charge in [-0.2, -0.15) is 0 Å². The van der Waals surface area contributed by atoms with Gasteiger partial charge >= 0.3 is 0 Å². The van der Waals surface area contributed by atoms with E-state index in [9.17, 15) is 0 Å². The Hall–Kier alpha value is -6.45. The molecule has 0 atom stereocenters. The first-order valence-corrected chi connectivity index (χ1v) is 16.5. The summed E-state index contributed by atoms with van der Waals surface area (Å²) in [4.78, 5) is 5.41. The van der Waals surface area contributed by atoms with Crippen LogP contribution in [-0.4, -0.2) is 14.1 Å². The highest BCUT2D eigenvalue weighted by molar-refractivity contribution is 6.22. The maximum absolute atomic E-state index is 5.41. The lowest BCUT2D eigenvalue weighted by Crippen LogP contribution is -2.00. The maximum Gasteiger partial charge on any atom is 0.146 e. The van der Waals surface area contributed by atoms with Crippen molar-refractivity contribution in [3.63, 3.8) is 0 Å². The molecule has 3 heteroatoms. The molecule has 0 bridgehead atoms. The standard InChI is InChI=1S/C45H27N3/c1-2-14-29(15-3-1)47-40-23-11-8-19-36(40)42-33(20-12-24-41(42)47)34-25-26-35-31-17-7-10-22-39(31)48-44(35)43(34)32-18-6-5-16-30(32)37-27-28-13-4-9-21-38(28)46-45(37)48/h1-27H. The molecule has 11 rings (SSSR count). The van der Waals surface area contributed by atoms with Crippen LogP contribution in [0.3, 0.4) is 0 Å². The fourth-order valence-electron chi connectivity index (χ4n) is 8.28. The lowest BCUT2D eigenvalue weighted by atomic mass is 9.87. The summed E-state index contributed by atoms with van der Waals surface area (Å²) in [5, 5.41) is 6.12. The lowest BCUT2D eigenvalue weighted by molar-refractivity contribution is 1.11. The van der Waals surface area contributed by atoms with E-state index in [2.05, 4.69) is 173 Å². The number of rotatable bonds is 2. The molecule has 1 aliphatic rings. The van der Waals surface area contributed by atoms with Crippen LogP contribution in [0.5, 0.6) is 0 Å². The van der Waals surface area contributed by atoms with Crippen LogP contribution >= 0.6 is 0 Å². The predicted molar refractivity (Wildman–Crippen MR) is 200 cm³/mol. The smallest absolute Gasteiger partial charge is 0.146 e. The zero-order valence-electron chi connectivity index (χ0n) is 25.9. The molecule has 7 aromatic carbocycles. The predicted octanol–water partition coefficient (Wildman–Crippen LogP) is 11.7. The summed E-state index contributed by atoms with van der Waals surface area (Å²) in [6.07, 6.45) is 0. The van der Waals surface area contributed by atoms with Gasteiger partial charge < -0.3 is 4.57 Å². The van der Waals surface area contributed by atoms with Crippen molar-refractivity contribution in [2.45, 2.75) is 0 Å². The van der Waals surface area contributed by atoms with Gasteiger partial charge in [-0.1, -0.05) is 121 Å². The van der Waals surface area contributed by atoms with Gasteiger partial charge in [-0.15, -0.1) is 0 Å². The summed E-state index contributed by atoms with van der Waals surface area (Å²) >= 11 is 0. The molecule has 0 spiro atoms. The van der Waals surface area contributed by atoms with E-state index in [0.717, 1.165) is 28.0 Å². The molecule has 10 aromatic rings. The molecule has 0 N–H and O–H groups in total. The highest BCUT2D eigenvalue weighted by atomic mass is 15.1. The summed E-state index contributed by atoms with van der Waals surface area (Å²) in [5.41, 5.74) is 14.2. The van der Waals surface area contributed by atoms with E-state index in [-0.39, 0.29) is 0 Å². The zero-order valence-corrected chi connectivity index (χ0v) is 25.9. The van der Waals surface area contributed by atoms with Crippen molar-refractivity contribution in [2.75, 3.05) is 0 Å². The number of fused-ring (bicyclic) bond motifs is 12. The van der Waals surface area contributed by atoms with Gasteiger partial charge in [-0.25, -0.2) is 4.98 Å². The number of benzene rings is 7. The second-order valence-electron chi connectivity index (χ2n) is 12.7. The van der Waals surface area contributed by atoms with Gasteiger partial charge in [0.1, 0.15) is 5.82 Å². The number of aromatic nitrogens is 3. The largest absolute Gasteiger partial charge is 0.309 e. The molecule has 3 aromatic heterocycles. The van der Waals surface area contributed by atoms with Gasteiger partial charge in [0.2, 0.25) is 0 Å². The topological polar surface area (TPSA) is 22.8 Å². The summed E-state index contributed by atoms with van der Waals surface area (Å²) in [6, 6.07) is 59.5. The third-order valence-electron chi connectivity index (χ3n) is 10.2. The van der Waals surface area contributed by atoms with Crippen molar-refractivity contribution in [1.29, 1.82) is 0 Å². The first-order valence-electron chi connectivity index (χ1n) is 16.5. The minimum atomic E-state index is 0.974. The van der Waals surface area contributed by atoms with E-state index in [1.165, 1.54) is 71.4 Å². The van der Waals surface area contributed by atoms with Gasteiger partial charge in [0.05, 0.1) is 27.6 Å². The van der Waals surface area contributed by atoms with E-state index < -0.39 is 0 Å². The third kappa shape index (κ3) is 3.35. The SMILES string of the molecule is c1ccc(-n2c3ccccc3c3c(-c4ccc5c6ccccc6n6c5c4-c4ccccc4-c4cc5ccccc5nc4-6)cccc32)cc1. The summed E-state index contributed by atoms with van der Waals surface area (Å²) < 4.78 is 4.83. The molecule has 222 valence electrons. The Morgan fingerprint density at radius 3 is 1.94 bits per heavy atom. The Morgan fingerprint density at radius 2 is 1.06 bits per heavy atom. The molecule has 4 heterocycles. The molecule has 3 nitrogen and oxygen atoms in total. The van der Waals surface area contributed by atoms with Crippen molar-refractivity contribution in [3.8, 4) is 44.9 Å². The maximum atomic E-state index is 5.41. The molecular weight excluding hydrogens is 583 g/mol. The van der Waals surface area contributed by atoms with Crippen LogP contribution in [0, 0.1) is 0 Å². The van der Waals surface area contributed by atoms with Crippen LogP contribution in [0.15, 0.2) is 164 Å². The van der Waals surface area contributed by atoms with Crippen molar-refractivity contribution < 1.29 is 0 Å². The second kappa shape index (κ2) is 9.54. The van der Waals surface area contributed by atoms with E-state index in [1.807, 2.05) is 0 Å². The monoisotopic (exact) mass is 609 g/mol. The zero-order chi connectivity index (χ0) is 31.3. The fraction of sp³-hybridized carbons (Fsp3) is 0. The highest BCUT2D eigenvalue weighted by Crippen LogP contribution is 2.51. The normalized spacial score (nSPS) is 12.2. The number of hydrogen-bond acceptors (Lipinski definition) is 1. The van der Waals surface area contributed by atoms with Gasteiger partial charge in [-0.05, 0) is 64.7 Å². The van der Waals surface area contributed by atoms with E-state index in [0.29, 0.717) is 0 Å². The van der Waals surface area contributed by atoms with Gasteiger partial charge in [-0.3, -0.25) is 4.57 Å². The minimum absolute atomic E-state index is 0.974. The molecule has 0 saturated heterocycles. The molecular formula is C45H27N3. The molecule has 0 saturated carbocycles. The van der Waals surface area contributed by atoms with Crippen molar-refractivity contribution in [3.05, 3.63) is 164 Å². The van der Waals surface area contributed by atoms with Crippen molar-refractivity contribution in [1.82, 2.24) is 14.1 Å². The molecule has 0 unspecified atom stereocenters. The first kappa shape index (κ1) is 25.7. The van der Waals surface area contributed by atoms with Crippen LogP contribution in [0.1, 0.15) is 0 Å². The van der Waals surface area contributed by atoms with Gasteiger partial charge in [0.15, 0.2) is 0 Å². The Morgan fingerprint density at radius 1 is 0.396 bits per heavy atom. The Kier molecular flexibility index (Phi) is 5.11. The Bertz CT molecular complexity index is 2940. The molecule has 0 amide bonds. The summed E-state index contributed by atoms with van der Waals surface area (Å²) in [6.45, 7) is 0. The number of hydrogen-bond donors (Lipinski definition) is 0. The van der Waals surface area contributed by atoms with Gasteiger partial charge in [0, 0.05) is 43.7 Å². The van der Waals surface area contributed by atoms with Crippen LogP contribution in [-0.2, 0) is 0 Å². The minimum Gasteiger partial charge on any atom is -0.309 e. The first-order chi connectivity index (χ1) is 23.8. The van der Waals surface area contributed by atoms with E-state index in [1.54, 1.807) is 0 Å². The lowest BCUT2D eigenvalue weighted by Gasteiger charge is -2.16. The van der Waals surface area contributed by atoms with E-state index >= 15 is 0 Å². The molecule has 1 aliphatic heterocycles. The van der Waals surface area contributed by atoms with Crippen LogP contribution in [0.4, 0.5) is 0 Å². The summed E-state index contributed by atoms with van der Waals surface area (Å²) in [5.74, 6) is 0.974. The Labute approximate surface area is 276 Å². The third-order valence-corrected chi connectivity index (χ3v) is 10.2. The number of pyridine rings is 1. The average Bonchev–Trinajstić information content (AvgIpc) is 3.63. The Balaban J connectivity index is 1.35. The van der Waals surface area contributed by atoms with Crippen molar-refractivity contribution >= 4 is 54.5 Å². The molecule has 0 aliphatic carbocycles. The van der Waals surface area contributed by atoms with Gasteiger partial charge in [0.25, 0.3) is 0 Å². The van der Waals surface area contributed by atoms with Crippen LogP contribution in [0.25, 0.3) is 99.4 Å². The average molecular weight is 610 g/mol. The molecule has 48 heavy (non-hydrogen) atoms. The van der Waals surface area contributed by atoms with Crippen LogP contribution in [0.2, 0.25) is 0 Å². The van der Waals surface area contributed by atoms with Crippen LogP contribution < -0.4 is 0 Å². The molecule has 0 radical (unpaired) electrons.